The maximum absolute atomic E-state index is 15.5. The van der Waals surface area contributed by atoms with Gasteiger partial charge in [-0.25, -0.2) is 14.2 Å². The molecule has 0 radical (unpaired) electrons. The summed E-state index contributed by atoms with van der Waals surface area (Å²) in [6.07, 6.45) is 2.64. The number of aromatic nitrogens is 2. The van der Waals surface area contributed by atoms with Crippen LogP contribution in [0.4, 0.5) is 4.39 Å². The van der Waals surface area contributed by atoms with Crippen LogP contribution in [0, 0.1) is 12.7 Å². The number of aliphatic carboxylic acids is 1. The van der Waals surface area contributed by atoms with Crippen LogP contribution >= 0.6 is 0 Å². The molecule has 5 heterocycles. The number of esters is 1. The number of rotatable bonds is 21. The first kappa shape index (κ1) is 52.2. The number of halogens is 1. The van der Waals surface area contributed by atoms with Crippen molar-refractivity contribution in [2.24, 2.45) is 5.73 Å². The number of aliphatic hydroxyl groups is 1. The fourth-order valence-corrected chi connectivity index (χ4v) is 10.1. The van der Waals surface area contributed by atoms with Gasteiger partial charge < -0.3 is 46.1 Å². The van der Waals surface area contributed by atoms with Crippen molar-refractivity contribution in [2.45, 2.75) is 83.2 Å². The molecule has 388 valence electrons. The zero-order chi connectivity index (χ0) is 53.2. The van der Waals surface area contributed by atoms with Gasteiger partial charge in [-0.1, -0.05) is 37.3 Å². The van der Waals surface area contributed by atoms with E-state index in [1.54, 1.807) is 50.2 Å². The molecule has 0 saturated carbocycles. The summed E-state index contributed by atoms with van der Waals surface area (Å²) in [7, 11) is 0. The number of pyridine rings is 2. The molecule has 0 spiro atoms. The zero-order valence-corrected chi connectivity index (χ0v) is 40.5. The van der Waals surface area contributed by atoms with E-state index in [1.807, 2.05) is 0 Å². The minimum atomic E-state index is -2.07. The number of cyclic esters (lactones) is 1. The van der Waals surface area contributed by atoms with E-state index in [1.165, 1.54) is 15.5 Å². The molecular weight excluding hydrogens is 966 g/mol. The van der Waals surface area contributed by atoms with Gasteiger partial charge in [0, 0.05) is 67.2 Å². The van der Waals surface area contributed by atoms with Gasteiger partial charge in [0.2, 0.25) is 29.5 Å². The quantitative estimate of drug-likeness (QED) is 0.0413. The second-order valence-electron chi connectivity index (χ2n) is 18.7. The molecule has 2 aromatic carbocycles. The lowest BCUT2D eigenvalue weighted by molar-refractivity contribution is -0.172. The van der Waals surface area contributed by atoms with Gasteiger partial charge >= 0.3 is 11.9 Å². The molecule has 4 aromatic rings. The predicted octanol–water partition coefficient (Wildman–Crippen LogP) is -0.120. The Balaban J connectivity index is 0.955. The van der Waals surface area contributed by atoms with Gasteiger partial charge in [0.15, 0.2) is 5.60 Å². The molecule has 74 heavy (non-hydrogen) atoms. The van der Waals surface area contributed by atoms with Gasteiger partial charge in [0.1, 0.15) is 18.5 Å². The van der Waals surface area contributed by atoms with E-state index in [2.05, 4.69) is 16.0 Å². The zero-order valence-electron chi connectivity index (χ0n) is 40.5. The number of fused-ring (bicyclic) bond motifs is 5. The first-order valence-corrected chi connectivity index (χ1v) is 24.0. The Morgan fingerprint density at radius 2 is 1.69 bits per heavy atom. The Morgan fingerprint density at radius 1 is 0.959 bits per heavy atom. The number of carbonyl (C=O) groups is 9. The van der Waals surface area contributed by atoms with Crippen molar-refractivity contribution in [1.82, 2.24) is 40.2 Å². The second-order valence-corrected chi connectivity index (χ2v) is 18.7. The smallest absolute Gasteiger partial charge is 0.343 e. The topological polar surface area (TPSA) is 310 Å². The summed E-state index contributed by atoms with van der Waals surface area (Å²) >= 11 is 0. The number of hydrogen-bond acceptors (Lipinski definition) is 14. The number of nitrogens with two attached hydrogens (primary N) is 1. The summed E-state index contributed by atoms with van der Waals surface area (Å²) in [5.41, 5.74) is 7.23. The number of amides is 7. The molecule has 0 saturated heterocycles. The Labute approximate surface area is 421 Å². The van der Waals surface area contributed by atoms with Crippen LogP contribution in [-0.2, 0) is 79.5 Å². The molecule has 22 nitrogen and oxygen atoms in total. The lowest BCUT2D eigenvalue weighted by Gasteiger charge is -2.31. The van der Waals surface area contributed by atoms with Crippen LogP contribution in [0.3, 0.4) is 0 Å². The Bertz CT molecular complexity index is 3110. The highest BCUT2D eigenvalue weighted by molar-refractivity contribution is 6.12. The van der Waals surface area contributed by atoms with Crippen molar-refractivity contribution >= 4 is 64.2 Å². The van der Waals surface area contributed by atoms with Gasteiger partial charge in [-0.2, -0.15) is 0 Å². The van der Waals surface area contributed by atoms with Gasteiger partial charge in [0.25, 0.3) is 17.4 Å². The number of imide groups is 1. The number of nitrogens with one attached hydrogen (secondary N) is 3. The Morgan fingerprint density at radius 3 is 2.38 bits per heavy atom. The molecule has 3 atom stereocenters. The normalized spacial score (nSPS) is 17.6. The van der Waals surface area contributed by atoms with E-state index in [0.717, 1.165) is 22.0 Å². The highest BCUT2D eigenvalue weighted by atomic mass is 19.1. The monoisotopic (exact) mass is 1020 g/mol. The molecule has 0 bridgehead atoms. The van der Waals surface area contributed by atoms with Crippen LogP contribution in [0.1, 0.15) is 77.6 Å². The lowest BCUT2D eigenvalue weighted by atomic mass is 9.81. The van der Waals surface area contributed by atoms with Crippen LogP contribution in [-0.4, -0.2) is 140 Å². The fraction of sp³-hybridized carbons (Fsp3) is 0.392. The highest BCUT2D eigenvalue weighted by Gasteiger charge is 2.46. The molecule has 7 amide bonds. The van der Waals surface area contributed by atoms with Gasteiger partial charge in [0.05, 0.1) is 61.2 Å². The van der Waals surface area contributed by atoms with Crippen molar-refractivity contribution in [3.05, 3.63) is 110 Å². The molecule has 4 aliphatic rings. The van der Waals surface area contributed by atoms with E-state index < -0.39 is 109 Å². The third-order valence-electron chi connectivity index (χ3n) is 13.8. The maximum Gasteiger partial charge on any atom is 0.343 e. The summed E-state index contributed by atoms with van der Waals surface area (Å²) in [6.45, 7) is 0.117. The number of carbonyl (C=O) groups excluding carboxylic acids is 8. The summed E-state index contributed by atoms with van der Waals surface area (Å²) in [5.74, 6) is -7.41. The summed E-state index contributed by atoms with van der Waals surface area (Å²) in [4.78, 5) is 137. The maximum atomic E-state index is 15.5. The second kappa shape index (κ2) is 21.5. The SMILES string of the molecule is CC[C@@]1(O)C(=O)OCc2c1cc1n(c2=O)Cc2c-1nc1cc(F)c(C)c3c1c2[C@@H](NC(=O)CCCN(CC(N)=O)C(=O)[C@H](Cc1ccccc1)NC(=O)CNC(=O)CN(CCN1C(=O)C=CC1=O)CC(=O)O)CC3. The molecule has 1 aliphatic carbocycles. The van der Waals surface area contributed by atoms with Gasteiger partial charge in [-0.15, -0.1) is 0 Å². The Kier molecular flexibility index (Phi) is 15.2. The minimum Gasteiger partial charge on any atom is -0.480 e. The van der Waals surface area contributed by atoms with Crippen LogP contribution in [0.15, 0.2) is 59.4 Å². The van der Waals surface area contributed by atoms with E-state index in [-0.39, 0.29) is 69.6 Å². The first-order chi connectivity index (χ1) is 35.3. The highest BCUT2D eigenvalue weighted by Crippen LogP contribution is 2.46. The number of primary amides is 1. The van der Waals surface area contributed by atoms with Gasteiger partial charge in [-0.05, 0) is 60.9 Å². The van der Waals surface area contributed by atoms with Crippen molar-refractivity contribution in [3.8, 4) is 11.4 Å². The van der Waals surface area contributed by atoms with E-state index in [4.69, 9.17) is 15.5 Å². The predicted molar refractivity (Wildman–Crippen MR) is 258 cm³/mol. The third kappa shape index (κ3) is 10.6. The molecule has 23 heteroatoms. The molecule has 7 N–H and O–H groups in total. The van der Waals surface area contributed by atoms with Crippen molar-refractivity contribution in [3.63, 3.8) is 0 Å². The molecule has 2 aromatic heterocycles. The first-order valence-electron chi connectivity index (χ1n) is 24.0. The Hall–Kier alpha value is -8.18. The summed E-state index contributed by atoms with van der Waals surface area (Å²) < 4.78 is 22.2. The van der Waals surface area contributed by atoms with Crippen molar-refractivity contribution < 1.29 is 62.5 Å². The van der Waals surface area contributed by atoms with E-state index >= 15 is 4.39 Å². The number of benzene rings is 2. The average Bonchev–Trinajstić information content (AvgIpc) is 3.90. The largest absolute Gasteiger partial charge is 0.480 e. The van der Waals surface area contributed by atoms with Crippen LogP contribution in [0.25, 0.3) is 22.3 Å². The lowest BCUT2D eigenvalue weighted by Crippen LogP contribution is -2.54. The number of carboxylic acid groups (broad SMARTS) is 1. The fourth-order valence-electron chi connectivity index (χ4n) is 10.1. The number of aryl methyl sites for hydroxylation is 1. The number of hydrogen-bond donors (Lipinski definition) is 6. The molecule has 0 unspecified atom stereocenters. The van der Waals surface area contributed by atoms with Crippen LogP contribution in [0.2, 0.25) is 0 Å². The van der Waals surface area contributed by atoms with Crippen LogP contribution < -0.4 is 27.2 Å². The number of carboxylic acids is 1. The van der Waals surface area contributed by atoms with Crippen LogP contribution in [0.5, 0.6) is 0 Å². The number of ether oxygens (including phenoxy) is 1. The molecular formula is C51H54FN9O13. The van der Waals surface area contributed by atoms with Crippen molar-refractivity contribution in [2.75, 3.05) is 45.8 Å². The van der Waals surface area contributed by atoms with E-state index in [9.17, 15) is 58.2 Å². The molecule has 0 fully saturated rings. The standard InChI is InChI=1S/C51H54FN9O13/c1-3-51(73)32-19-37-47-30(22-61(37)48(70)31(32)26-74-50(51)72)46-34(12-11-29-27(2)33(52)20-35(57-47)45(29)46)55-39(63)10-7-15-59(23-38(53)62)49(71)36(18-28-8-5-4-6-9-28)56-40(64)21-54-41(65)24-58(25-44(68)69)16-17-60-42(66)13-14-43(60)67/h4-6,8-9,13-14,19-20,34,36,73H,3,7,10-12,15-18,21-26H2,1-2H3,(H2,53,62)(H,54,65)(H,55,63)(H,56,64)(H,68,69)/t34-,36-,51-/m0/s1. The summed E-state index contributed by atoms with van der Waals surface area (Å²) in [6, 6.07) is 9.56. The average molecular weight is 1020 g/mol. The molecule has 3 aliphatic heterocycles. The van der Waals surface area contributed by atoms with Gasteiger partial charge in [-0.3, -0.25) is 53.0 Å². The van der Waals surface area contributed by atoms with Crippen molar-refractivity contribution in [1.29, 1.82) is 0 Å². The number of nitrogens with zero attached hydrogens (tertiary/aromatic N) is 5. The third-order valence-corrected chi connectivity index (χ3v) is 13.8. The van der Waals surface area contributed by atoms with E-state index in [0.29, 0.717) is 62.9 Å². The molecule has 8 rings (SSSR count). The summed E-state index contributed by atoms with van der Waals surface area (Å²) in [5, 5.41) is 29.5. The minimum absolute atomic E-state index is 0.0291.